The monoisotopic (exact) mass is 406 g/mol. The summed E-state index contributed by atoms with van der Waals surface area (Å²) in [5.41, 5.74) is 3.41. The first-order chi connectivity index (χ1) is 14.3. The molecule has 4 atom stereocenters. The van der Waals surface area contributed by atoms with E-state index in [4.69, 9.17) is 4.74 Å². The van der Waals surface area contributed by atoms with Gasteiger partial charge in [0.2, 0.25) is 11.8 Å². The van der Waals surface area contributed by atoms with Gasteiger partial charge in [0.1, 0.15) is 11.4 Å². The highest BCUT2D eigenvalue weighted by atomic mass is 16.5. The molecule has 30 heavy (non-hydrogen) atoms. The van der Waals surface area contributed by atoms with Crippen molar-refractivity contribution >= 4 is 17.5 Å². The first-order valence-electron chi connectivity index (χ1n) is 10.3. The molecule has 0 saturated carbocycles. The number of ether oxygens (including phenoxy) is 1. The molecule has 1 aromatic heterocycles. The number of imidazole rings is 1. The van der Waals surface area contributed by atoms with E-state index < -0.39 is 17.4 Å². The van der Waals surface area contributed by atoms with Crippen LogP contribution in [0.1, 0.15) is 22.6 Å². The van der Waals surface area contributed by atoms with E-state index in [0.29, 0.717) is 13.1 Å². The number of rotatable bonds is 4. The number of benzene rings is 1. The quantitative estimate of drug-likeness (QED) is 0.791. The molecule has 1 aromatic carbocycles. The number of nitrogens with one attached hydrogen (secondary N) is 1. The molecular weight excluding hydrogens is 380 g/mol. The number of carbonyl (C=O) groups is 2. The summed E-state index contributed by atoms with van der Waals surface area (Å²) in [5.74, 6) is -0.402. The van der Waals surface area contributed by atoms with Crippen LogP contribution in [0, 0.1) is 32.6 Å². The molecule has 0 radical (unpaired) electrons. The molecule has 3 aliphatic heterocycles. The molecule has 1 spiro atoms. The lowest BCUT2D eigenvalue weighted by Crippen LogP contribution is -2.44. The largest absolute Gasteiger partial charge is 0.360 e. The van der Waals surface area contributed by atoms with E-state index >= 15 is 0 Å². The van der Waals surface area contributed by atoms with Crippen LogP contribution in [0.25, 0.3) is 0 Å². The van der Waals surface area contributed by atoms with Crippen molar-refractivity contribution in [2.45, 2.75) is 39.0 Å². The van der Waals surface area contributed by atoms with Crippen LogP contribution in [0.3, 0.4) is 0 Å². The summed E-state index contributed by atoms with van der Waals surface area (Å²) < 4.78 is 6.25. The predicted octanol–water partition coefficient (Wildman–Crippen LogP) is 2.28. The normalized spacial score (nSPS) is 29.0. The highest BCUT2D eigenvalue weighted by Gasteiger charge is 2.67. The van der Waals surface area contributed by atoms with Crippen molar-refractivity contribution in [3.8, 4) is 0 Å². The molecule has 7 heteroatoms. The summed E-state index contributed by atoms with van der Waals surface area (Å²) in [6.07, 6.45) is 5.32. The Labute approximate surface area is 175 Å². The minimum Gasteiger partial charge on any atom is -0.360 e. The first-order valence-corrected chi connectivity index (χ1v) is 10.3. The van der Waals surface area contributed by atoms with Crippen LogP contribution in [-0.2, 0) is 20.9 Å². The standard InChI is InChI=1S/C23H26N4O3/c1-13-5-6-16(9-14(13)2)27-12-23-8-7-17(30-23)19(20(23)22(27)29)21(28)26(4)11-18-24-10-15(3)25-18/h5-10,17,19-20H,11-12H2,1-4H3,(H,24,25)/t17-,19+,20-,23-/m0/s1. The number of hydrogen-bond acceptors (Lipinski definition) is 4. The summed E-state index contributed by atoms with van der Waals surface area (Å²) in [6, 6.07) is 6.03. The second-order valence-electron chi connectivity index (χ2n) is 8.80. The Bertz CT molecular complexity index is 1070. The van der Waals surface area contributed by atoms with E-state index in [2.05, 4.69) is 16.9 Å². The van der Waals surface area contributed by atoms with Crippen molar-refractivity contribution in [2.24, 2.45) is 11.8 Å². The van der Waals surface area contributed by atoms with Crippen LogP contribution in [0.2, 0.25) is 0 Å². The van der Waals surface area contributed by atoms with Gasteiger partial charge in [0, 0.05) is 24.6 Å². The zero-order chi connectivity index (χ0) is 21.2. The lowest BCUT2D eigenvalue weighted by atomic mass is 9.76. The van der Waals surface area contributed by atoms with Gasteiger partial charge in [0.25, 0.3) is 0 Å². The van der Waals surface area contributed by atoms with Gasteiger partial charge in [-0.05, 0) is 44.0 Å². The molecule has 0 unspecified atom stereocenters. The average Bonchev–Trinajstić information content (AvgIpc) is 3.45. The molecule has 2 saturated heterocycles. The number of aromatic nitrogens is 2. The SMILES string of the molecule is Cc1cnc(CN(C)C(=O)[C@@H]2[C@@H]3C=C[C@@]4(CN(c5ccc(C)c(C)c5)C(=O)[C@H]24)O3)[nH]1. The van der Waals surface area contributed by atoms with Gasteiger partial charge in [0.05, 0.1) is 31.0 Å². The Balaban J connectivity index is 1.42. The molecule has 5 rings (SSSR count). The molecule has 4 heterocycles. The first kappa shape index (κ1) is 19.1. The van der Waals surface area contributed by atoms with E-state index in [1.807, 2.05) is 44.2 Å². The van der Waals surface area contributed by atoms with Gasteiger partial charge in [-0.15, -0.1) is 0 Å². The number of H-pyrrole nitrogens is 1. The third kappa shape index (κ3) is 2.72. The molecule has 2 amide bonds. The van der Waals surface area contributed by atoms with Crippen molar-refractivity contribution in [1.29, 1.82) is 0 Å². The fraction of sp³-hybridized carbons (Fsp3) is 0.435. The number of hydrogen-bond donors (Lipinski definition) is 1. The predicted molar refractivity (Wildman–Crippen MR) is 112 cm³/mol. The topological polar surface area (TPSA) is 78.5 Å². The number of fused-ring (bicyclic) bond motifs is 1. The number of aryl methyl sites for hydroxylation is 3. The average molecular weight is 406 g/mol. The van der Waals surface area contributed by atoms with Crippen molar-refractivity contribution < 1.29 is 14.3 Å². The van der Waals surface area contributed by atoms with Gasteiger partial charge < -0.3 is 19.5 Å². The van der Waals surface area contributed by atoms with Crippen LogP contribution in [0.4, 0.5) is 5.69 Å². The lowest BCUT2D eigenvalue weighted by molar-refractivity contribution is -0.139. The van der Waals surface area contributed by atoms with E-state index in [0.717, 1.165) is 22.8 Å². The van der Waals surface area contributed by atoms with Crippen molar-refractivity contribution in [3.05, 3.63) is 59.2 Å². The van der Waals surface area contributed by atoms with Gasteiger partial charge >= 0.3 is 0 Å². The Morgan fingerprint density at radius 2 is 2.13 bits per heavy atom. The Kier molecular flexibility index (Phi) is 4.15. The maximum atomic E-state index is 13.5. The van der Waals surface area contributed by atoms with E-state index in [1.54, 1.807) is 23.0 Å². The van der Waals surface area contributed by atoms with E-state index in [1.165, 1.54) is 5.56 Å². The van der Waals surface area contributed by atoms with Crippen LogP contribution in [-0.4, -0.2) is 52.0 Å². The van der Waals surface area contributed by atoms with Gasteiger partial charge in [-0.2, -0.15) is 0 Å². The smallest absolute Gasteiger partial charge is 0.234 e. The zero-order valence-corrected chi connectivity index (χ0v) is 17.7. The molecule has 1 N–H and O–H groups in total. The third-order valence-corrected chi connectivity index (χ3v) is 6.71. The molecule has 0 aliphatic carbocycles. The second kappa shape index (κ2) is 6.54. The minimum atomic E-state index is -0.719. The minimum absolute atomic E-state index is 0.0364. The van der Waals surface area contributed by atoms with Gasteiger partial charge in [-0.1, -0.05) is 18.2 Å². The molecule has 2 fully saturated rings. The Hall–Kier alpha value is -2.93. The number of nitrogens with zero attached hydrogens (tertiary/aromatic N) is 3. The van der Waals surface area contributed by atoms with E-state index in [9.17, 15) is 9.59 Å². The number of amides is 2. The number of anilines is 1. The molecule has 2 aromatic rings. The zero-order valence-electron chi connectivity index (χ0n) is 17.7. The van der Waals surface area contributed by atoms with Crippen LogP contribution < -0.4 is 4.90 Å². The maximum Gasteiger partial charge on any atom is 0.234 e. The van der Waals surface area contributed by atoms with Crippen LogP contribution >= 0.6 is 0 Å². The fourth-order valence-electron chi connectivity index (χ4n) is 5.00. The number of carbonyl (C=O) groups excluding carboxylic acids is 2. The fourth-order valence-corrected chi connectivity index (χ4v) is 5.00. The third-order valence-electron chi connectivity index (χ3n) is 6.71. The van der Waals surface area contributed by atoms with Crippen molar-refractivity contribution in [2.75, 3.05) is 18.5 Å². The summed E-state index contributed by atoms with van der Waals surface area (Å²) in [6.45, 7) is 6.83. The van der Waals surface area contributed by atoms with Crippen molar-refractivity contribution in [1.82, 2.24) is 14.9 Å². The maximum absolute atomic E-state index is 13.5. The molecule has 7 nitrogen and oxygen atoms in total. The molecule has 3 aliphatic rings. The van der Waals surface area contributed by atoms with Gasteiger partial charge in [0.15, 0.2) is 0 Å². The van der Waals surface area contributed by atoms with Crippen LogP contribution in [0.15, 0.2) is 36.5 Å². The highest BCUT2D eigenvalue weighted by molar-refractivity contribution is 6.03. The highest BCUT2D eigenvalue weighted by Crippen LogP contribution is 2.53. The van der Waals surface area contributed by atoms with Gasteiger partial charge in [-0.3, -0.25) is 9.59 Å². The number of aromatic amines is 1. The molecule has 2 bridgehead atoms. The summed E-state index contributed by atoms with van der Waals surface area (Å²) in [5, 5.41) is 0. The van der Waals surface area contributed by atoms with Gasteiger partial charge in [-0.25, -0.2) is 4.98 Å². The molecular formula is C23H26N4O3. The Morgan fingerprint density at radius 3 is 2.83 bits per heavy atom. The van der Waals surface area contributed by atoms with Crippen molar-refractivity contribution in [3.63, 3.8) is 0 Å². The summed E-state index contributed by atoms with van der Waals surface area (Å²) >= 11 is 0. The lowest BCUT2D eigenvalue weighted by Gasteiger charge is -2.27. The summed E-state index contributed by atoms with van der Waals surface area (Å²) in [7, 11) is 1.75. The van der Waals surface area contributed by atoms with Crippen LogP contribution in [0.5, 0.6) is 0 Å². The Morgan fingerprint density at radius 1 is 1.33 bits per heavy atom. The second-order valence-corrected chi connectivity index (χ2v) is 8.80. The molecule has 156 valence electrons. The van der Waals surface area contributed by atoms with E-state index in [-0.39, 0.29) is 17.9 Å². The summed E-state index contributed by atoms with van der Waals surface area (Å²) in [4.78, 5) is 37.7.